The van der Waals surface area contributed by atoms with Gasteiger partial charge in [0.05, 0.1) is 0 Å². The minimum absolute atomic E-state index is 0.392. The first-order valence-electron chi connectivity index (χ1n) is 20.6. The van der Waals surface area contributed by atoms with Gasteiger partial charge in [-0.3, -0.25) is 0 Å². The van der Waals surface area contributed by atoms with Crippen molar-refractivity contribution in [3.63, 3.8) is 0 Å². The third-order valence-electron chi connectivity index (χ3n) is 10.1. The van der Waals surface area contributed by atoms with Crippen LogP contribution in [0.4, 0.5) is 0 Å². The first-order valence-corrected chi connectivity index (χ1v) is 25.7. The number of hydrogen-bond acceptors (Lipinski definition) is 1. The first-order chi connectivity index (χ1) is 30.2. The van der Waals surface area contributed by atoms with E-state index in [1.54, 1.807) is 0 Å². The molecule has 0 spiro atoms. The molecule has 0 N–H and O–H groups in total. The first kappa shape index (κ1) is 43.0. The summed E-state index contributed by atoms with van der Waals surface area (Å²) in [6, 6.07) is 72.1. The number of rotatable bonds is 6. The minimum atomic E-state index is 0.392. The molecule has 0 atom stereocenters. The summed E-state index contributed by atoms with van der Waals surface area (Å²) < 4.78 is 7.67. The monoisotopic (exact) mass is 920 g/mol. The Hall–Kier alpha value is -6.12. The second-order valence-corrected chi connectivity index (χ2v) is 17.8. The maximum atomic E-state index is 4.94. The van der Waals surface area contributed by atoms with E-state index in [9.17, 15) is 0 Å². The summed E-state index contributed by atoms with van der Waals surface area (Å²) in [7, 11) is 0. The van der Waals surface area contributed by atoms with Crippen LogP contribution < -0.4 is 8.92 Å². The molecule has 1 fully saturated rings. The van der Waals surface area contributed by atoms with Crippen LogP contribution in [0.2, 0.25) is 11.6 Å². The quantitative estimate of drug-likeness (QED) is 0.119. The van der Waals surface area contributed by atoms with Crippen LogP contribution in [0.15, 0.2) is 206 Å². The normalized spacial score (nSPS) is 11.3. The van der Waals surface area contributed by atoms with E-state index in [1.165, 1.54) is 66.3 Å². The molecule has 8 aromatic carbocycles. The van der Waals surface area contributed by atoms with Crippen LogP contribution in [0, 0.1) is 23.7 Å². The maximum absolute atomic E-state index is 4.94. The summed E-state index contributed by atoms with van der Waals surface area (Å²) in [6.45, 7) is 2.00. The van der Waals surface area contributed by atoms with Gasteiger partial charge in [0.2, 0.25) is 0 Å². The molecule has 3 heteroatoms. The molecule has 1 nitrogen and oxygen atoms in total. The van der Waals surface area contributed by atoms with Crippen LogP contribution in [0.5, 0.6) is 0 Å². The van der Waals surface area contributed by atoms with E-state index in [2.05, 4.69) is 229 Å². The molecule has 0 bridgehead atoms. The van der Waals surface area contributed by atoms with Gasteiger partial charge in [-0.25, -0.2) is 0 Å². The summed E-state index contributed by atoms with van der Waals surface area (Å²) in [5.41, 5.74) is 14.3. The van der Waals surface area contributed by atoms with Crippen molar-refractivity contribution in [2.45, 2.75) is 24.5 Å². The Morgan fingerprint density at radius 3 is 0.918 bits per heavy atom. The Kier molecular flexibility index (Phi) is 16.2. The zero-order valence-corrected chi connectivity index (χ0v) is 38.1. The summed E-state index contributed by atoms with van der Waals surface area (Å²) in [6.07, 6.45) is 2.56. The van der Waals surface area contributed by atoms with E-state index in [-0.39, 0.29) is 0 Å². The van der Waals surface area contributed by atoms with Crippen molar-refractivity contribution < 1.29 is 4.74 Å². The van der Waals surface area contributed by atoms with Gasteiger partial charge >= 0.3 is 193 Å². The van der Waals surface area contributed by atoms with Gasteiger partial charge in [0, 0.05) is 24.3 Å². The predicted molar refractivity (Wildman–Crippen MR) is 262 cm³/mol. The zero-order chi connectivity index (χ0) is 41.9. The number of benzene rings is 8. The van der Waals surface area contributed by atoms with E-state index < -0.39 is 0 Å². The second kappa shape index (κ2) is 23.0. The van der Waals surface area contributed by atoms with Crippen molar-refractivity contribution >= 4 is 38.8 Å². The third-order valence-corrected chi connectivity index (χ3v) is 13.4. The molecule has 1 saturated heterocycles. The van der Waals surface area contributed by atoms with Crippen LogP contribution in [0.1, 0.15) is 35.1 Å². The molecule has 1 heterocycles. The average Bonchev–Trinajstić information content (AvgIpc) is 3.95. The SMILES string of the molecule is C(#Cc1ccc(-c2ccccc2)cc1)c1ccc(-c2ccccc2)cc1.C1CCOC1.C[Se]c1cc(-c2ccccc2)ccc1C#Cc1ccc(-c2ccccc2)cc1[Se]C. The molecule has 61 heavy (non-hydrogen) atoms. The van der Waals surface area contributed by atoms with Crippen molar-refractivity contribution in [3.8, 4) is 68.2 Å². The van der Waals surface area contributed by atoms with E-state index in [0.29, 0.717) is 29.9 Å². The molecule has 1 aliphatic heterocycles. The van der Waals surface area contributed by atoms with Gasteiger partial charge in [-0.2, -0.15) is 0 Å². The standard InChI is InChI=1S/C28H22Se2.C26H18.C4H8O/c1-29-27-19-25(21-9-5-3-6-10-21)17-15-23(27)13-14-24-16-18-26(20-28(24)30-2)22-11-7-4-8-12-22;1-3-7-23(8-4-1)25-17-13-21(14-18-25)11-12-22-15-19-26(20-16-22)24-9-5-2-6-10-24;1-2-4-5-3-1/h3-12,15-20H,1-2H3;1-10,13-20H;1-4H2. The van der Waals surface area contributed by atoms with Gasteiger partial charge in [-0.15, -0.1) is 0 Å². The summed E-state index contributed by atoms with van der Waals surface area (Å²) >= 11 is 0.785. The summed E-state index contributed by atoms with van der Waals surface area (Å²) in [4.78, 5) is 0. The molecule has 9 rings (SSSR count). The van der Waals surface area contributed by atoms with Gasteiger partial charge < -0.3 is 4.74 Å². The van der Waals surface area contributed by atoms with E-state index in [4.69, 9.17) is 4.74 Å². The predicted octanol–water partition coefficient (Wildman–Crippen LogP) is 12.4. The Bertz CT molecular complexity index is 2510. The van der Waals surface area contributed by atoms with Gasteiger partial charge in [0.15, 0.2) is 0 Å². The Balaban J connectivity index is 0.000000166. The summed E-state index contributed by atoms with van der Waals surface area (Å²) in [5.74, 6) is 18.0. The molecule has 0 aromatic heterocycles. The van der Waals surface area contributed by atoms with Gasteiger partial charge in [-0.1, -0.05) is 96.8 Å². The molecule has 298 valence electrons. The van der Waals surface area contributed by atoms with Crippen LogP contribution >= 0.6 is 0 Å². The van der Waals surface area contributed by atoms with E-state index >= 15 is 0 Å². The van der Waals surface area contributed by atoms with Crippen LogP contribution in [0.3, 0.4) is 0 Å². The van der Waals surface area contributed by atoms with Crippen LogP contribution in [0.25, 0.3) is 44.5 Å². The van der Waals surface area contributed by atoms with Gasteiger partial charge in [0.25, 0.3) is 0 Å². The van der Waals surface area contributed by atoms with Crippen molar-refractivity contribution in [2.75, 3.05) is 13.2 Å². The van der Waals surface area contributed by atoms with Crippen molar-refractivity contribution in [1.29, 1.82) is 0 Å². The molecule has 0 unspecified atom stereocenters. The zero-order valence-electron chi connectivity index (χ0n) is 34.7. The molecule has 8 aromatic rings. The molecule has 0 radical (unpaired) electrons. The fraction of sp³-hybridized carbons (Fsp3) is 0.103. The van der Waals surface area contributed by atoms with Crippen molar-refractivity contribution in [3.05, 3.63) is 229 Å². The van der Waals surface area contributed by atoms with Crippen LogP contribution in [-0.2, 0) is 4.74 Å². The Labute approximate surface area is 375 Å². The molecular weight excluding hydrogens is 871 g/mol. The van der Waals surface area contributed by atoms with Crippen molar-refractivity contribution in [1.82, 2.24) is 0 Å². The van der Waals surface area contributed by atoms with E-state index in [1.807, 2.05) is 12.1 Å². The fourth-order valence-electron chi connectivity index (χ4n) is 6.75. The van der Waals surface area contributed by atoms with E-state index in [0.717, 1.165) is 35.5 Å². The topological polar surface area (TPSA) is 9.23 Å². The third kappa shape index (κ3) is 12.7. The van der Waals surface area contributed by atoms with Gasteiger partial charge in [0.1, 0.15) is 0 Å². The molecule has 1 aliphatic rings. The Morgan fingerprint density at radius 1 is 0.328 bits per heavy atom. The average molecular weight is 919 g/mol. The number of ether oxygens (including phenoxy) is 1. The second-order valence-electron chi connectivity index (χ2n) is 14.3. The van der Waals surface area contributed by atoms with Crippen molar-refractivity contribution in [2.24, 2.45) is 0 Å². The molecular formula is C58H48OSe2. The summed E-state index contributed by atoms with van der Waals surface area (Å²) in [5, 5.41) is 0. The van der Waals surface area contributed by atoms with Gasteiger partial charge in [-0.05, 0) is 59.4 Å². The molecule has 0 saturated carbocycles. The molecule has 0 amide bonds. The van der Waals surface area contributed by atoms with Crippen LogP contribution in [-0.4, -0.2) is 43.1 Å². The Morgan fingerprint density at radius 2 is 0.623 bits per heavy atom. The molecule has 0 aliphatic carbocycles. The number of hydrogen-bond donors (Lipinski definition) is 0. The fourth-order valence-corrected chi connectivity index (χ4v) is 9.20.